The van der Waals surface area contributed by atoms with Crippen molar-refractivity contribution in [1.29, 1.82) is 0 Å². The lowest BCUT2D eigenvalue weighted by Crippen LogP contribution is -2.37. The van der Waals surface area contributed by atoms with Gasteiger partial charge in [0, 0.05) is 23.5 Å². The normalized spacial score (nSPS) is 14.3. The van der Waals surface area contributed by atoms with E-state index in [4.69, 9.17) is 5.73 Å². The van der Waals surface area contributed by atoms with Gasteiger partial charge < -0.3 is 11.1 Å². The number of guanidine groups is 1. The number of aliphatic imine (C=N–C) groups is 1. The maximum atomic E-state index is 5.70. The van der Waals surface area contributed by atoms with E-state index in [0.29, 0.717) is 24.5 Å². The van der Waals surface area contributed by atoms with Crippen LogP contribution in [0.15, 0.2) is 16.6 Å². The average Bonchev–Trinajstić information content (AvgIpc) is 2.65. The average molecular weight is 226 g/mol. The van der Waals surface area contributed by atoms with Crippen LogP contribution in [0.2, 0.25) is 0 Å². The van der Waals surface area contributed by atoms with E-state index in [-0.39, 0.29) is 0 Å². The van der Waals surface area contributed by atoms with Crippen molar-refractivity contribution in [2.75, 3.05) is 6.54 Å². The molecule has 1 aromatic heterocycles. The Labute approximate surface area is 94.6 Å². The number of aromatic nitrogens is 1. The molecule has 4 nitrogen and oxygen atoms in total. The summed E-state index contributed by atoms with van der Waals surface area (Å²) in [4.78, 5) is 8.51. The van der Waals surface area contributed by atoms with Gasteiger partial charge in [0.15, 0.2) is 5.96 Å². The Balaban J connectivity index is 2.42. The summed E-state index contributed by atoms with van der Waals surface area (Å²) < 4.78 is 0. The van der Waals surface area contributed by atoms with Gasteiger partial charge >= 0.3 is 0 Å². The van der Waals surface area contributed by atoms with Crippen LogP contribution in [0.4, 0.5) is 0 Å². The molecule has 5 heteroatoms. The van der Waals surface area contributed by atoms with Crippen LogP contribution in [0.3, 0.4) is 0 Å². The lowest BCUT2D eigenvalue weighted by Gasteiger charge is -2.10. The van der Waals surface area contributed by atoms with Crippen LogP contribution in [0.1, 0.15) is 31.7 Å². The molecule has 15 heavy (non-hydrogen) atoms. The quantitative estimate of drug-likeness (QED) is 0.605. The van der Waals surface area contributed by atoms with Gasteiger partial charge in [0.05, 0.1) is 11.6 Å². The second-order valence-electron chi connectivity index (χ2n) is 3.80. The molecule has 3 N–H and O–H groups in total. The zero-order valence-corrected chi connectivity index (χ0v) is 10.2. The summed E-state index contributed by atoms with van der Waals surface area (Å²) in [6, 6.07) is 0.323. The molecule has 0 radical (unpaired) electrons. The highest BCUT2D eigenvalue weighted by Gasteiger charge is 2.07. The molecule has 0 spiro atoms. The molecule has 0 saturated heterocycles. The van der Waals surface area contributed by atoms with Gasteiger partial charge in [0.1, 0.15) is 0 Å². The van der Waals surface area contributed by atoms with Gasteiger partial charge in [-0.2, -0.15) is 0 Å². The van der Waals surface area contributed by atoms with Gasteiger partial charge in [-0.15, -0.1) is 11.3 Å². The topological polar surface area (TPSA) is 63.3 Å². The minimum Gasteiger partial charge on any atom is -0.370 e. The third-order valence-corrected chi connectivity index (χ3v) is 2.85. The number of thiazole rings is 1. The molecule has 0 aliphatic carbocycles. The first-order valence-electron chi connectivity index (χ1n) is 5.05. The van der Waals surface area contributed by atoms with Crippen molar-refractivity contribution in [1.82, 2.24) is 10.3 Å². The molecular weight excluding hydrogens is 208 g/mol. The SMILES string of the molecule is CC(C)NC(N)=NCC(C)c1nccs1. The molecular formula is C10H18N4S. The summed E-state index contributed by atoms with van der Waals surface area (Å²) in [7, 11) is 0. The molecule has 0 fully saturated rings. The summed E-state index contributed by atoms with van der Waals surface area (Å²) in [6.07, 6.45) is 1.82. The highest BCUT2D eigenvalue weighted by Crippen LogP contribution is 2.17. The van der Waals surface area contributed by atoms with Crippen molar-refractivity contribution in [3.05, 3.63) is 16.6 Å². The van der Waals surface area contributed by atoms with Crippen LogP contribution in [-0.4, -0.2) is 23.5 Å². The van der Waals surface area contributed by atoms with Crippen molar-refractivity contribution in [3.8, 4) is 0 Å². The van der Waals surface area contributed by atoms with Crippen LogP contribution in [-0.2, 0) is 0 Å². The molecule has 84 valence electrons. The summed E-state index contributed by atoms with van der Waals surface area (Å²) in [5.74, 6) is 0.839. The first kappa shape index (κ1) is 12.0. The van der Waals surface area contributed by atoms with Gasteiger partial charge in [-0.05, 0) is 13.8 Å². The number of rotatable bonds is 4. The van der Waals surface area contributed by atoms with Crippen LogP contribution in [0.5, 0.6) is 0 Å². The standard InChI is InChI=1S/C10H18N4S/c1-7(2)14-10(11)13-6-8(3)9-12-4-5-15-9/h4-5,7-8H,6H2,1-3H3,(H3,11,13,14). The smallest absolute Gasteiger partial charge is 0.188 e. The number of nitrogens with two attached hydrogens (primary N) is 1. The largest absolute Gasteiger partial charge is 0.370 e. The fourth-order valence-electron chi connectivity index (χ4n) is 1.13. The predicted octanol–water partition coefficient (Wildman–Crippen LogP) is 1.56. The van der Waals surface area contributed by atoms with Crippen molar-refractivity contribution in [3.63, 3.8) is 0 Å². The lowest BCUT2D eigenvalue weighted by atomic mass is 10.2. The Hall–Kier alpha value is -1.10. The summed E-state index contributed by atoms with van der Waals surface area (Å²) in [6.45, 7) is 6.85. The second-order valence-corrected chi connectivity index (χ2v) is 4.72. The summed E-state index contributed by atoms with van der Waals surface area (Å²) in [5.41, 5.74) is 5.70. The van der Waals surface area contributed by atoms with Gasteiger partial charge in [0.25, 0.3) is 0 Å². The molecule has 0 aromatic carbocycles. The lowest BCUT2D eigenvalue weighted by molar-refractivity contribution is 0.710. The maximum absolute atomic E-state index is 5.70. The van der Waals surface area contributed by atoms with Crippen LogP contribution in [0.25, 0.3) is 0 Å². The third-order valence-electron chi connectivity index (χ3n) is 1.85. The predicted molar refractivity (Wildman–Crippen MR) is 65.3 cm³/mol. The molecule has 0 saturated carbocycles. The van der Waals surface area contributed by atoms with Crippen molar-refractivity contribution < 1.29 is 0 Å². The summed E-state index contributed by atoms with van der Waals surface area (Å²) >= 11 is 1.65. The molecule has 0 aliphatic heterocycles. The fourth-order valence-corrected chi connectivity index (χ4v) is 1.82. The third kappa shape index (κ3) is 4.29. The molecule has 1 rings (SSSR count). The molecule has 0 aliphatic rings. The van der Waals surface area contributed by atoms with E-state index < -0.39 is 0 Å². The van der Waals surface area contributed by atoms with E-state index in [1.54, 1.807) is 11.3 Å². The maximum Gasteiger partial charge on any atom is 0.188 e. The van der Waals surface area contributed by atoms with E-state index in [1.165, 1.54) is 0 Å². The number of hydrogen-bond acceptors (Lipinski definition) is 3. The van der Waals surface area contributed by atoms with Crippen molar-refractivity contribution in [2.24, 2.45) is 10.7 Å². The monoisotopic (exact) mass is 226 g/mol. The molecule has 1 unspecified atom stereocenters. The first-order valence-corrected chi connectivity index (χ1v) is 5.93. The van der Waals surface area contributed by atoms with Gasteiger partial charge in [-0.3, -0.25) is 4.99 Å². The van der Waals surface area contributed by atoms with Gasteiger partial charge in [-0.1, -0.05) is 6.92 Å². The highest BCUT2D eigenvalue weighted by molar-refractivity contribution is 7.09. The molecule has 1 heterocycles. The van der Waals surface area contributed by atoms with Crippen LogP contribution < -0.4 is 11.1 Å². The van der Waals surface area contributed by atoms with E-state index >= 15 is 0 Å². The van der Waals surface area contributed by atoms with Crippen LogP contribution in [0, 0.1) is 0 Å². The van der Waals surface area contributed by atoms with Crippen molar-refractivity contribution in [2.45, 2.75) is 32.7 Å². The zero-order valence-electron chi connectivity index (χ0n) is 9.40. The Morgan fingerprint density at radius 2 is 2.33 bits per heavy atom. The van der Waals surface area contributed by atoms with E-state index in [9.17, 15) is 0 Å². The van der Waals surface area contributed by atoms with E-state index in [1.807, 2.05) is 25.4 Å². The minimum atomic E-state index is 0.323. The Morgan fingerprint density at radius 1 is 1.60 bits per heavy atom. The molecule has 1 atom stereocenters. The van der Waals surface area contributed by atoms with E-state index in [0.717, 1.165) is 5.01 Å². The number of hydrogen-bond donors (Lipinski definition) is 2. The Morgan fingerprint density at radius 3 is 2.87 bits per heavy atom. The Kier molecular flexibility index (Phi) is 4.55. The Bertz CT molecular complexity index is 305. The molecule has 1 aromatic rings. The fraction of sp³-hybridized carbons (Fsp3) is 0.600. The zero-order chi connectivity index (χ0) is 11.3. The van der Waals surface area contributed by atoms with Gasteiger partial charge in [0.2, 0.25) is 0 Å². The molecule has 0 amide bonds. The van der Waals surface area contributed by atoms with E-state index in [2.05, 4.69) is 22.2 Å². The summed E-state index contributed by atoms with van der Waals surface area (Å²) in [5, 5.41) is 6.14. The number of nitrogens with zero attached hydrogens (tertiary/aromatic N) is 2. The number of nitrogens with one attached hydrogen (secondary N) is 1. The minimum absolute atomic E-state index is 0.323. The van der Waals surface area contributed by atoms with Gasteiger partial charge in [-0.25, -0.2) is 4.98 Å². The first-order chi connectivity index (χ1) is 7.09. The van der Waals surface area contributed by atoms with Crippen LogP contribution >= 0.6 is 11.3 Å². The molecule has 0 bridgehead atoms. The van der Waals surface area contributed by atoms with Crippen molar-refractivity contribution >= 4 is 17.3 Å². The second kappa shape index (κ2) is 5.70. The highest BCUT2D eigenvalue weighted by atomic mass is 32.1.